The molecule has 21 heavy (non-hydrogen) atoms. The summed E-state index contributed by atoms with van der Waals surface area (Å²) in [5.41, 5.74) is -0.389. The molecule has 0 radical (unpaired) electrons. The highest BCUT2D eigenvalue weighted by atomic mass is 35.5. The third-order valence-electron chi connectivity index (χ3n) is 2.38. The molecule has 1 rings (SSSR count). The van der Waals surface area contributed by atoms with E-state index in [2.05, 4.69) is 4.74 Å². The fourth-order valence-corrected chi connectivity index (χ4v) is 3.67. The lowest BCUT2D eigenvalue weighted by Gasteiger charge is -2.14. The van der Waals surface area contributed by atoms with Gasteiger partial charge < -0.3 is 9.84 Å². The normalized spacial score (nSPS) is 12.8. The molecule has 0 fully saturated rings. The maximum Gasteiger partial charge on any atom is 0.339 e. The molecule has 0 aliphatic carbocycles. The number of sulfonamides is 1. The number of aliphatic carboxylic acids is 1. The second-order valence-electron chi connectivity index (χ2n) is 3.94. The van der Waals surface area contributed by atoms with Crippen LogP contribution in [-0.2, 0) is 19.6 Å². The highest BCUT2D eigenvalue weighted by Gasteiger charge is 2.29. The van der Waals surface area contributed by atoms with Gasteiger partial charge in [0.1, 0.15) is 10.9 Å². The van der Waals surface area contributed by atoms with Gasteiger partial charge in [-0.1, -0.05) is 23.2 Å². The largest absolute Gasteiger partial charge is 0.480 e. The zero-order valence-corrected chi connectivity index (χ0v) is 13.2. The average molecular weight is 356 g/mol. The minimum atomic E-state index is -4.36. The highest BCUT2D eigenvalue weighted by molar-refractivity contribution is 7.89. The summed E-state index contributed by atoms with van der Waals surface area (Å²) in [5, 5.41) is 8.46. The molecular weight excluding hydrogens is 345 g/mol. The highest BCUT2D eigenvalue weighted by Crippen LogP contribution is 2.30. The van der Waals surface area contributed by atoms with Crippen LogP contribution in [0.1, 0.15) is 17.3 Å². The summed E-state index contributed by atoms with van der Waals surface area (Å²) in [6.07, 6.45) is 0. The van der Waals surface area contributed by atoms with Crippen molar-refractivity contribution in [2.45, 2.75) is 17.9 Å². The van der Waals surface area contributed by atoms with Crippen molar-refractivity contribution in [1.82, 2.24) is 4.72 Å². The molecule has 0 aromatic heterocycles. The van der Waals surface area contributed by atoms with E-state index in [1.807, 2.05) is 4.72 Å². The van der Waals surface area contributed by atoms with Crippen LogP contribution in [0.3, 0.4) is 0 Å². The first-order chi connectivity index (χ1) is 9.60. The van der Waals surface area contributed by atoms with Crippen molar-refractivity contribution in [2.24, 2.45) is 0 Å². The molecule has 116 valence electrons. The zero-order chi connectivity index (χ0) is 16.4. The zero-order valence-electron chi connectivity index (χ0n) is 10.9. The fraction of sp³-hybridized carbons (Fsp3) is 0.273. The number of methoxy groups -OCH3 is 1. The number of ether oxygens (including phenoxy) is 1. The number of benzene rings is 1. The molecule has 0 aliphatic heterocycles. The topological polar surface area (TPSA) is 110 Å². The Bertz CT molecular complexity index is 688. The lowest BCUT2D eigenvalue weighted by Crippen LogP contribution is -2.39. The van der Waals surface area contributed by atoms with Crippen LogP contribution in [0.4, 0.5) is 0 Å². The second-order valence-corrected chi connectivity index (χ2v) is 6.43. The molecule has 1 aromatic carbocycles. The average Bonchev–Trinajstić information content (AvgIpc) is 2.35. The van der Waals surface area contributed by atoms with Crippen molar-refractivity contribution in [3.63, 3.8) is 0 Å². The van der Waals surface area contributed by atoms with Gasteiger partial charge in [0.2, 0.25) is 10.0 Å². The maximum atomic E-state index is 12.2. The van der Waals surface area contributed by atoms with Crippen LogP contribution in [0.25, 0.3) is 0 Å². The first-order valence-corrected chi connectivity index (χ1v) is 7.66. The number of rotatable bonds is 5. The first kappa shape index (κ1) is 17.7. The van der Waals surface area contributed by atoms with E-state index >= 15 is 0 Å². The number of carboxylic acid groups (broad SMARTS) is 1. The minimum Gasteiger partial charge on any atom is -0.480 e. The number of carbonyl (C=O) groups excluding carboxylic acids is 1. The van der Waals surface area contributed by atoms with Crippen LogP contribution in [0.2, 0.25) is 10.0 Å². The fourth-order valence-electron chi connectivity index (χ4n) is 1.44. The van der Waals surface area contributed by atoms with Crippen LogP contribution < -0.4 is 4.72 Å². The molecule has 2 N–H and O–H groups in total. The monoisotopic (exact) mass is 355 g/mol. The number of halogens is 2. The van der Waals surface area contributed by atoms with E-state index in [-0.39, 0.29) is 15.6 Å². The molecule has 7 nitrogen and oxygen atoms in total. The molecule has 1 atom stereocenters. The van der Waals surface area contributed by atoms with Gasteiger partial charge in [-0.2, -0.15) is 4.72 Å². The van der Waals surface area contributed by atoms with Crippen molar-refractivity contribution in [2.75, 3.05) is 7.11 Å². The van der Waals surface area contributed by atoms with Crippen molar-refractivity contribution in [1.29, 1.82) is 0 Å². The Kier molecular flexibility index (Phi) is 5.57. The summed E-state index contributed by atoms with van der Waals surface area (Å²) in [6.45, 7) is 1.13. The summed E-state index contributed by atoms with van der Waals surface area (Å²) in [5.74, 6) is -2.36. The van der Waals surface area contributed by atoms with Crippen molar-refractivity contribution in [3.8, 4) is 0 Å². The van der Waals surface area contributed by atoms with E-state index < -0.39 is 32.9 Å². The van der Waals surface area contributed by atoms with Gasteiger partial charge in [-0.3, -0.25) is 4.79 Å². The Labute approximate surface area is 130 Å². The summed E-state index contributed by atoms with van der Waals surface area (Å²) < 4.78 is 30.8. The van der Waals surface area contributed by atoms with Crippen molar-refractivity contribution in [3.05, 3.63) is 27.7 Å². The lowest BCUT2D eigenvalue weighted by molar-refractivity contribution is -0.138. The van der Waals surface area contributed by atoms with E-state index in [0.717, 1.165) is 26.2 Å². The second kappa shape index (κ2) is 6.61. The number of carbonyl (C=O) groups is 2. The molecule has 0 saturated heterocycles. The number of carboxylic acids is 1. The van der Waals surface area contributed by atoms with E-state index in [9.17, 15) is 18.0 Å². The van der Waals surface area contributed by atoms with Crippen molar-refractivity contribution >= 4 is 45.2 Å². The molecule has 0 amide bonds. The molecule has 0 aliphatic rings. The van der Waals surface area contributed by atoms with Crippen LogP contribution >= 0.6 is 23.2 Å². The molecule has 0 spiro atoms. The minimum absolute atomic E-state index is 0.0330. The Balaban J connectivity index is 3.47. The Morgan fingerprint density at radius 2 is 1.90 bits per heavy atom. The Hall–Kier alpha value is -1.35. The molecule has 0 saturated carbocycles. The van der Waals surface area contributed by atoms with Crippen LogP contribution in [0.5, 0.6) is 0 Å². The Morgan fingerprint density at radius 3 is 2.38 bits per heavy atom. The Morgan fingerprint density at radius 1 is 1.33 bits per heavy atom. The van der Waals surface area contributed by atoms with Gasteiger partial charge >= 0.3 is 11.9 Å². The van der Waals surface area contributed by atoms with E-state index in [1.54, 1.807) is 0 Å². The third kappa shape index (κ3) is 4.07. The lowest BCUT2D eigenvalue weighted by atomic mass is 10.2. The van der Waals surface area contributed by atoms with Crippen LogP contribution in [0, 0.1) is 0 Å². The predicted octanol–water partition coefficient (Wildman–Crippen LogP) is 1.53. The summed E-state index contributed by atoms with van der Waals surface area (Å²) in [4.78, 5) is 21.8. The number of nitrogens with one attached hydrogen (secondary N) is 1. The SMILES string of the molecule is COC(=O)c1cc(Cl)cc(Cl)c1S(=O)(=O)N[C@@H](C)C(=O)O. The van der Waals surface area contributed by atoms with Gasteiger partial charge in [0.15, 0.2) is 0 Å². The molecule has 0 unspecified atom stereocenters. The van der Waals surface area contributed by atoms with Crippen LogP contribution in [-0.4, -0.2) is 38.6 Å². The van der Waals surface area contributed by atoms with Gasteiger partial charge in [0.05, 0.1) is 17.7 Å². The smallest absolute Gasteiger partial charge is 0.339 e. The summed E-state index contributed by atoms with van der Waals surface area (Å²) in [6, 6.07) is 0.779. The molecular formula is C11H11Cl2NO6S. The van der Waals surface area contributed by atoms with Gasteiger partial charge in [-0.25, -0.2) is 13.2 Å². The molecule has 10 heteroatoms. The van der Waals surface area contributed by atoms with Gasteiger partial charge in [0.25, 0.3) is 0 Å². The van der Waals surface area contributed by atoms with Crippen molar-refractivity contribution < 1.29 is 27.9 Å². The maximum absolute atomic E-state index is 12.2. The molecule has 1 aromatic rings. The summed E-state index contributed by atoms with van der Waals surface area (Å²) in [7, 11) is -3.30. The molecule has 0 heterocycles. The predicted molar refractivity (Wildman–Crippen MR) is 75.2 cm³/mol. The number of hydrogen-bond donors (Lipinski definition) is 2. The standard InChI is InChI=1S/C11H11Cl2NO6S/c1-5(10(15)16)14-21(18,19)9-7(11(17)20-2)3-6(12)4-8(9)13/h3-5,14H,1-2H3,(H,15,16)/t5-/m0/s1. The quantitative estimate of drug-likeness (QED) is 0.775. The summed E-state index contributed by atoms with van der Waals surface area (Å²) >= 11 is 11.6. The van der Waals surface area contributed by atoms with E-state index in [1.165, 1.54) is 0 Å². The van der Waals surface area contributed by atoms with E-state index in [0.29, 0.717) is 0 Å². The van der Waals surface area contributed by atoms with Gasteiger partial charge in [-0.05, 0) is 19.1 Å². The van der Waals surface area contributed by atoms with Crippen LogP contribution in [0.15, 0.2) is 17.0 Å². The number of hydrogen-bond acceptors (Lipinski definition) is 5. The van der Waals surface area contributed by atoms with E-state index in [4.69, 9.17) is 28.3 Å². The molecule has 0 bridgehead atoms. The van der Waals surface area contributed by atoms with Gasteiger partial charge in [-0.15, -0.1) is 0 Å². The third-order valence-corrected chi connectivity index (χ3v) is 4.65. The van der Waals surface area contributed by atoms with Gasteiger partial charge in [0, 0.05) is 5.02 Å². The first-order valence-electron chi connectivity index (χ1n) is 5.42. The number of esters is 1.